The molecule has 0 bridgehead atoms. The highest BCUT2D eigenvalue weighted by Gasteiger charge is 2.03. The Kier molecular flexibility index (Phi) is 3.62. The van der Waals surface area contributed by atoms with Crippen molar-refractivity contribution in [1.82, 2.24) is 4.98 Å². The van der Waals surface area contributed by atoms with Crippen LogP contribution in [-0.2, 0) is 0 Å². The van der Waals surface area contributed by atoms with Gasteiger partial charge in [0.25, 0.3) is 0 Å². The minimum Gasteiger partial charge on any atom is -0.348 e. The van der Waals surface area contributed by atoms with Crippen molar-refractivity contribution in [3.63, 3.8) is 0 Å². The Hall–Kier alpha value is -1.01. The van der Waals surface area contributed by atoms with E-state index in [1.54, 1.807) is 17.5 Å². The van der Waals surface area contributed by atoms with E-state index in [1.807, 2.05) is 5.38 Å². The van der Waals surface area contributed by atoms with Crippen LogP contribution in [0.5, 0.6) is 0 Å². The van der Waals surface area contributed by atoms with E-state index < -0.39 is 0 Å². The smallest absolute Gasteiger partial charge is 0.183 e. The Balaban J connectivity index is 2.44. The monoisotopic (exact) mass is 180 g/mol. The highest BCUT2D eigenvalue weighted by atomic mass is 32.1. The van der Waals surface area contributed by atoms with Crippen LogP contribution in [0.25, 0.3) is 0 Å². The average Bonchev–Trinajstić information content (AvgIpc) is 2.56. The van der Waals surface area contributed by atoms with Crippen LogP contribution in [0.3, 0.4) is 0 Å². The first-order valence-electron chi connectivity index (χ1n) is 3.99. The van der Waals surface area contributed by atoms with Gasteiger partial charge in [-0.05, 0) is 6.42 Å². The molecule has 0 spiro atoms. The summed E-state index contributed by atoms with van der Waals surface area (Å²) in [6, 6.07) is 0.126. The number of nitrogens with one attached hydrogen (secondary N) is 1. The molecule has 64 valence electrons. The summed E-state index contributed by atoms with van der Waals surface area (Å²) in [5.74, 6) is 2.70. The lowest BCUT2D eigenvalue weighted by Crippen LogP contribution is -2.16. The molecule has 0 fully saturated rings. The lowest BCUT2D eigenvalue weighted by Gasteiger charge is -2.09. The van der Waals surface area contributed by atoms with E-state index in [1.165, 1.54) is 0 Å². The molecule has 0 saturated carbocycles. The van der Waals surface area contributed by atoms with Crippen molar-refractivity contribution in [2.75, 3.05) is 5.32 Å². The van der Waals surface area contributed by atoms with Crippen LogP contribution in [0, 0.1) is 12.3 Å². The van der Waals surface area contributed by atoms with Crippen LogP contribution in [0.4, 0.5) is 5.13 Å². The maximum atomic E-state index is 5.34. The molecule has 1 heterocycles. The van der Waals surface area contributed by atoms with E-state index in [4.69, 9.17) is 6.42 Å². The van der Waals surface area contributed by atoms with Gasteiger partial charge in [0.05, 0.1) is 6.04 Å². The van der Waals surface area contributed by atoms with Crippen LogP contribution in [0.1, 0.15) is 19.8 Å². The van der Waals surface area contributed by atoms with E-state index in [0.29, 0.717) is 0 Å². The van der Waals surface area contributed by atoms with E-state index in [2.05, 4.69) is 23.1 Å². The molecular formula is C9H12N2S. The zero-order valence-electron chi connectivity index (χ0n) is 7.08. The topological polar surface area (TPSA) is 24.9 Å². The van der Waals surface area contributed by atoms with Crippen molar-refractivity contribution in [3.05, 3.63) is 11.6 Å². The molecule has 0 aromatic carbocycles. The van der Waals surface area contributed by atoms with Crippen molar-refractivity contribution >= 4 is 16.5 Å². The minimum atomic E-state index is 0.126. The number of hydrogen-bond donors (Lipinski definition) is 1. The molecule has 3 heteroatoms. The lowest BCUT2D eigenvalue weighted by atomic mass is 10.2. The Morgan fingerprint density at radius 2 is 2.67 bits per heavy atom. The number of nitrogens with zero attached hydrogens (tertiary/aromatic N) is 1. The molecule has 0 saturated heterocycles. The summed E-state index contributed by atoms with van der Waals surface area (Å²) < 4.78 is 0. The molecule has 0 amide bonds. The van der Waals surface area contributed by atoms with Crippen molar-refractivity contribution < 1.29 is 0 Å². The largest absolute Gasteiger partial charge is 0.348 e. The summed E-state index contributed by atoms with van der Waals surface area (Å²) in [4.78, 5) is 4.10. The number of anilines is 1. The normalized spacial score (nSPS) is 12.0. The van der Waals surface area contributed by atoms with Gasteiger partial charge in [-0.3, -0.25) is 0 Å². The van der Waals surface area contributed by atoms with Gasteiger partial charge in [-0.2, -0.15) is 0 Å². The second-order valence-electron chi connectivity index (χ2n) is 2.49. The molecule has 1 atom stereocenters. The Morgan fingerprint density at radius 3 is 3.17 bits per heavy atom. The first-order chi connectivity index (χ1) is 5.86. The van der Waals surface area contributed by atoms with Crippen molar-refractivity contribution in [3.8, 4) is 12.3 Å². The van der Waals surface area contributed by atoms with Gasteiger partial charge in [0, 0.05) is 11.6 Å². The second-order valence-corrected chi connectivity index (χ2v) is 3.38. The third-order valence-corrected chi connectivity index (χ3v) is 2.21. The Morgan fingerprint density at radius 1 is 1.83 bits per heavy atom. The summed E-state index contributed by atoms with van der Waals surface area (Å²) in [7, 11) is 0. The van der Waals surface area contributed by atoms with Crippen molar-refractivity contribution in [2.24, 2.45) is 0 Å². The molecule has 1 N–H and O–H groups in total. The second kappa shape index (κ2) is 4.78. The van der Waals surface area contributed by atoms with Gasteiger partial charge in [-0.15, -0.1) is 17.8 Å². The van der Waals surface area contributed by atoms with Crippen LogP contribution in [0.2, 0.25) is 0 Å². The predicted molar refractivity (Wildman–Crippen MR) is 53.3 cm³/mol. The van der Waals surface area contributed by atoms with Gasteiger partial charge in [0.1, 0.15) is 0 Å². The highest BCUT2D eigenvalue weighted by molar-refractivity contribution is 7.13. The van der Waals surface area contributed by atoms with Crippen molar-refractivity contribution in [2.45, 2.75) is 25.8 Å². The summed E-state index contributed by atoms with van der Waals surface area (Å²) in [6.07, 6.45) is 9.20. The fourth-order valence-electron chi connectivity index (χ4n) is 0.930. The third kappa shape index (κ3) is 2.55. The van der Waals surface area contributed by atoms with Crippen molar-refractivity contribution in [1.29, 1.82) is 0 Å². The average molecular weight is 180 g/mol. The fourth-order valence-corrected chi connectivity index (χ4v) is 1.51. The number of thiazole rings is 1. The summed E-state index contributed by atoms with van der Waals surface area (Å²) >= 11 is 1.57. The minimum absolute atomic E-state index is 0.126. The third-order valence-electron chi connectivity index (χ3n) is 1.51. The lowest BCUT2D eigenvalue weighted by molar-refractivity contribution is 0.755. The van der Waals surface area contributed by atoms with Crippen LogP contribution >= 0.6 is 11.3 Å². The zero-order valence-corrected chi connectivity index (χ0v) is 7.90. The van der Waals surface area contributed by atoms with E-state index in [0.717, 1.165) is 18.0 Å². The van der Waals surface area contributed by atoms with Gasteiger partial charge in [0.15, 0.2) is 5.13 Å². The zero-order chi connectivity index (χ0) is 8.81. The number of aromatic nitrogens is 1. The quantitative estimate of drug-likeness (QED) is 0.719. The maximum Gasteiger partial charge on any atom is 0.183 e. The van der Waals surface area contributed by atoms with E-state index >= 15 is 0 Å². The standard InChI is InChI=1S/C9H12N2S/c1-3-5-8(4-2)11-9-10-6-7-12-9/h2,6-8H,3,5H2,1H3,(H,10,11). The Labute approximate surface area is 77.0 Å². The van der Waals surface area contributed by atoms with E-state index in [9.17, 15) is 0 Å². The molecule has 0 aliphatic carbocycles. The van der Waals surface area contributed by atoms with Gasteiger partial charge in [0.2, 0.25) is 0 Å². The van der Waals surface area contributed by atoms with Gasteiger partial charge < -0.3 is 5.32 Å². The molecule has 2 nitrogen and oxygen atoms in total. The van der Waals surface area contributed by atoms with Gasteiger partial charge >= 0.3 is 0 Å². The van der Waals surface area contributed by atoms with Crippen LogP contribution in [-0.4, -0.2) is 11.0 Å². The molecule has 0 radical (unpaired) electrons. The highest BCUT2D eigenvalue weighted by Crippen LogP contribution is 2.13. The molecule has 1 rings (SSSR count). The maximum absolute atomic E-state index is 5.34. The van der Waals surface area contributed by atoms with Crippen LogP contribution < -0.4 is 5.32 Å². The summed E-state index contributed by atoms with van der Waals surface area (Å²) in [5.41, 5.74) is 0. The fraction of sp³-hybridized carbons (Fsp3) is 0.444. The summed E-state index contributed by atoms with van der Waals surface area (Å²) in [6.45, 7) is 2.12. The van der Waals surface area contributed by atoms with E-state index in [-0.39, 0.29) is 6.04 Å². The molecular weight excluding hydrogens is 168 g/mol. The summed E-state index contributed by atoms with van der Waals surface area (Å²) in [5, 5.41) is 6.02. The number of hydrogen-bond acceptors (Lipinski definition) is 3. The first kappa shape index (κ1) is 9.08. The Bertz CT molecular complexity index is 248. The van der Waals surface area contributed by atoms with Gasteiger partial charge in [-0.1, -0.05) is 19.3 Å². The molecule has 1 aromatic rings. The molecule has 0 aliphatic rings. The number of terminal acetylenes is 1. The van der Waals surface area contributed by atoms with Gasteiger partial charge in [-0.25, -0.2) is 4.98 Å². The molecule has 0 aliphatic heterocycles. The molecule has 1 unspecified atom stereocenters. The number of rotatable bonds is 4. The van der Waals surface area contributed by atoms with Crippen LogP contribution in [0.15, 0.2) is 11.6 Å². The molecule has 12 heavy (non-hydrogen) atoms. The SMILES string of the molecule is C#CC(CCC)Nc1nccs1. The first-order valence-corrected chi connectivity index (χ1v) is 4.87. The predicted octanol–water partition coefficient (Wildman–Crippen LogP) is 2.36. The molecule has 1 aromatic heterocycles.